The molecule has 1 aromatic heterocycles. The van der Waals surface area contributed by atoms with E-state index in [1.54, 1.807) is 11.3 Å². The van der Waals surface area contributed by atoms with Gasteiger partial charge in [0.1, 0.15) is 6.10 Å². The summed E-state index contributed by atoms with van der Waals surface area (Å²) in [5.41, 5.74) is 1.48. The Morgan fingerprint density at radius 3 is 2.55 bits per heavy atom. The number of aromatic nitrogens is 1. The molecular formula is C28H45NO3S. The molecule has 0 saturated heterocycles. The lowest BCUT2D eigenvalue weighted by atomic mass is 9.64. The van der Waals surface area contributed by atoms with Crippen molar-refractivity contribution in [1.29, 1.82) is 0 Å². The zero-order valence-corrected chi connectivity index (χ0v) is 22.7. The third-order valence-electron chi connectivity index (χ3n) is 8.25. The molecule has 0 aromatic carbocycles. The average Bonchev–Trinajstić information content (AvgIpc) is 3.16. The van der Waals surface area contributed by atoms with Gasteiger partial charge in [0, 0.05) is 11.8 Å². The van der Waals surface area contributed by atoms with Gasteiger partial charge in [-0.15, -0.1) is 11.3 Å². The molecule has 5 heteroatoms. The van der Waals surface area contributed by atoms with Crippen LogP contribution < -0.4 is 0 Å². The highest BCUT2D eigenvalue weighted by atomic mass is 32.1. The van der Waals surface area contributed by atoms with Crippen molar-refractivity contribution < 1.29 is 14.6 Å². The third kappa shape index (κ3) is 7.78. The molecule has 2 heterocycles. The van der Waals surface area contributed by atoms with Gasteiger partial charge < -0.3 is 9.84 Å². The highest BCUT2D eigenvalue weighted by Crippen LogP contribution is 2.42. The van der Waals surface area contributed by atoms with Crippen LogP contribution >= 0.6 is 11.3 Å². The third-order valence-corrected chi connectivity index (χ3v) is 9.04. The number of thiazole rings is 1. The minimum atomic E-state index is -0.750. The summed E-state index contributed by atoms with van der Waals surface area (Å²) < 4.78 is 5.91. The van der Waals surface area contributed by atoms with Crippen molar-refractivity contribution in [3.63, 3.8) is 0 Å². The molecule has 33 heavy (non-hydrogen) atoms. The van der Waals surface area contributed by atoms with E-state index in [9.17, 15) is 9.90 Å². The van der Waals surface area contributed by atoms with Crippen LogP contribution in [0.2, 0.25) is 0 Å². The standard InChI is InChI=1S/C28H45NO3S/c1-18-13-11-9-10-12-14-25(19(2)15-24-17-33-23(6)29-24)32-27(31)16-26(30)28(7,8)22(5)21(4)20(18)3/h10,12,15,17-18,20-22,25-26,30H,9,11,13-14,16H2,1-8H3/b12-10-,19-15+/t18-,20-,21+,22+,25-,26-/m0/s1. The van der Waals surface area contributed by atoms with Crippen LogP contribution in [-0.2, 0) is 9.53 Å². The lowest BCUT2D eigenvalue weighted by Crippen LogP contribution is -2.42. The summed E-state index contributed by atoms with van der Waals surface area (Å²) >= 11 is 1.61. The fourth-order valence-corrected chi connectivity index (χ4v) is 5.41. The maximum Gasteiger partial charge on any atom is 0.309 e. The van der Waals surface area contributed by atoms with Crippen LogP contribution in [0, 0.1) is 36.0 Å². The second-order valence-electron chi connectivity index (χ2n) is 10.8. The predicted octanol–water partition coefficient (Wildman–Crippen LogP) is 7.22. The fourth-order valence-electron chi connectivity index (χ4n) is 4.84. The first kappa shape index (κ1) is 27.8. The Morgan fingerprint density at radius 2 is 1.91 bits per heavy atom. The molecule has 4 nitrogen and oxygen atoms in total. The number of nitrogens with zero attached hydrogens (tertiary/aromatic N) is 1. The largest absolute Gasteiger partial charge is 0.457 e. The van der Waals surface area contributed by atoms with Crippen LogP contribution in [-0.4, -0.2) is 28.3 Å². The Bertz CT molecular complexity index is 825. The van der Waals surface area contributed by atoms with Gasteiger partial charge in [-0.1, -0.05) is 60.1 Å². The molecule has 186 valence electrons. The lowest BCUT2D eigenvalue weighted by molar-refractivity contribution is -0.152. The lowest BCUT2D eigenvalue weighted by Gasteiger charge is -2.42. The Labute approximate surface area is 205 Å². The number of esters is 1. The predicted molar refractivity (Wildman–Crippen MR) is 139 cm³/mol. The first-order valence-electron chi connectivity index (χ1n) is 12.6. The molecule has 6 atom stereocenters. The molecule has 0 saturated carbocycles. The summed E-state index contributed by atoms with van der Waals surface area (Å²) in [6.45, 7) is 17.4. The fraction of sp³-hybridized carbons (Fsp3) is 0.714. The molecule has 1 aliphatic rings. The summed E-state index contributed by atoms with van der Waals surface area (Å²) in [5, 5.41) is 14.1. The van der Waals surface area contributed by atoms with Crippen molar-refractivity contribution in [2.45, 2.75) is 99.7 Å². The maximum absolute atomic E-state index is 12.9. The van der Waals surface area contributed by atoms with Gasteiger partial charge in [-0.2, -0.15) is 0 Å². The van der Waals surface area contributed by atoms with Gasteiger partial charge in [0.2, 0.25) is 0 Å². The first-order valence-corrected chi connectivity index (χ1v) is 13.4. The van der Waals surface area contributed by atoms with E-state index in [1.807, 2.05) is 25.3 Å². The van der Waals surface area contributed by atoms with Gasteiger partial charge in [0.25, 0.3) is 0 Å². The number of allylic oxidation sites excluding steroid dienone is 1. The van der Waals surface area contributed by atoms with Gasteiger partial charge in [-0.05, 0) is 67.4 Å². The SMILES string of the molecule is C/C(=C\c1csc(C)n1)[C@@H]1C/C=C\CCC[C@H](C)[C@H](C)[C@@H](C)[C@@H](C)C(C)(C)[C@@H](O)CC(=O)O1. The highest BCUT2D eigenvalue weighted by molar-refractivity contribution is 7.09. The Hall–Kier alpha value is -1.46. The molecule has 0 bridgehead atoms. The zero-order valence-electron chi connectivity index (χ0n) is 21.9. The molecule has 1 aromatic rings. The smallest absolute Gasteiger partial charge is 0.309 e. The molecule has 0 amide bonds. The number of ether oxygens (including phenoxy) is 1. The van der Waals surface area contributed by atoms with Crippen molar-refractivity contribution in [1.82, 2.24) is 4.98 Å². The van der Waals surface area contributed by atoms with Crippen LogP contribution in [0.5, 0.6) is 0 Å². The number of hydrogen-bond donors (Lipinski definition) is 1. The molecule has 1 N–H and O–H groups in total. The van der Waals surface area contributed by atoms with Crippen molar-refractivity contribution in [3.8, 4) is 0 Å². The van der Waals surface area contributed by atoms with Gasteiger partial charge >= 0.3 is 5.97 Å². The van der Waals surface area contributed by atoms with Crippen LogP contribution in [0.25, 0.3) is 6.08 Å². The summed E-state index contributed by atoms with van der Waals surface area (Å²) in [6, 6.07) is 0. The molecule has 0 radical (unpaired) electrons. The Morgan fingerprint density at radius 1 is 1.21 bits per heavy atom. The number of carbonyl (C=O) groups excluding carboxylic acids is 1. The van der Waals surface area contributed by atoms with E-state index in [0.29, 0.717) is 24.2 Å². The quantitative estimate of drug-likeness (QED) is 0.362. The van der Waals surface area contributed by atoms with E-state index in [-0.39, 0.29) is 29.8 Å². The molecule has 0 aliphatic carbocycles. The van der Waals surface area contributed by atoms with E-state index in [1.165, 1.54) is 6.42 Å². The van der Waals surface area contributed by atoms with E-state index in [2.05, 4.69) is 58.7 Å². The first-order chi connectivity index (χ1) is 15.4. The minimum absolute atomic E-state index is 0.0112. The minimum Gasteiger partial charge on any atom is -0.457 e. The van der Waals surface area contributed by atoms with Crippen molar-refractivity contribution in [2.75, 3.05) is 0 Å². The number of aliphatic hydroxyl groups excluding tert-OH is 1. The average molecular weight is 476 g/mol. The van der Waals surface area contributed by atoms with Crippen molar-refractivity contribution in [3.05, 3.63) is 33.8 Å². The van der Waals surface area contributed by atoms with Crippen LogP contribution in [0.1, 0.15) is 91.3 Å². The monoisotopic (exact) mass is 475 g/mol. The summed E-state index contributed by atoms with van der Waals surface area (Å²) in [5.74, 6) is 1.56. The van der Waals surface area contributed by atoms with E-state index >= 15 is 0 Å². The molecule has 0 unspecified atom stereocenters. The number of carbonyl (C=O) groups is 1. The van der Waals surface area contributed by atoms with Crippen LogP contribution in [0.15, 0.2) is 23.1 Å². The molecule has 0 spiro atoms. The van der Waals surface area contributed by atoms with Gasteiger partial charge in [0.15, 0.2) is 0 Å². The van der Waals surface area contributed by atoms with Gasteiger partial charge in [0.05, 0.1) is 23.2 Å². The number of aliphatic hydroxyl groups is 1. The second-order valence-corrected chi connectivity index (χ2v) is 11.9. The van der Waals surface area contributed by atoms with E-state index in [4.69, 9.17) is 4.74 Å². The van der Waals surface area contributed by atoms with Crippen LogP contribution in [0.4, 0.5) is 0 Å². The topological polar surface area (TPSA) is 59.4 Å². The van der Waals surface area contributed by atoms with Gasteiger partial charge in [-0.3, -0.25) is 4.79 Å². The maximum atomic E-state index is 12.9. The van der Waals surface area contributed by atoms with Crippen molar-refractivity contribution in [2.24, 2.45) is 29.1 Å². The molecule has 0 fully saturated rings. The summed E-state index contributed by atoms with van der Waals surface area (Å²) in [6.07, 6.45) is 9.29. The van der Waals surface area contributed by atoms with Crippen molar-refractivity contribution >= 4 is 23.4 Å². The van der Waals surface area contributed by atoms with E-state index < -0.39 is 6.10 Å². The molecule has 2 rings (SSSR count). The zero-order chi connectivity index (χ0) is 24.8. The number of aryl methyl sites for hydroxylation is 1. The number of rotatable bonds is 2. The van der Waals surface area contributed by atoms with Crippen LogP contribution in [0.3, 0.4) is 0 Å². The van der Waals surface area contributed by atoms with Gasteiger partial charge in [-0.25, -0.2) is 4.98 Å². The molecule has 1 aliphatic heterocycles. The second kappa shape index (κ2) is 12.3. The van der Waals surface area contributed by atoms with E-state index in [0.717, 1.165) is 29.1 Å². The summed E-state index contributed by atoms with van der Waals surface area (Å²) in [7, 11) is 0. The molecular weight excluding hydrogens is 430 g/mol. The summed E-state index contributed by atoms with van der Waals surface area (Å²) in [4.78, 5) is 17.4. The number of cyclic esters (lactones) is 1. The Kier molecular flexibility index (Phi) is 10.4. The Balaban J connectivity index is 2.26. The number of hydrogen-bond acceptors (Lipinski definition) is 5. The highest BCUT2D eigenvalue weighted by Gasteiger charge is 2.40. The normalized spacial score (nSPS) is 34.0.